The average molecular weight is 420 g/mol. The maximum atomic E-state index is 13.3. The number of imidazole rings is 1. The van der Waals surface area contributed by atoms with Gasteiger partial charge >= 0.3 is 0 Å². The Morgan fingerprint density at radius 3 is 2.63 bits per heavy atom. The Labute approximate surface area is 178 Å². The Kier molecular flexibility index (Phi) is 4.75. The molecule has 5 rings (SSSR count). The van der Waals surface area contributed by atoms with E-state index >= 15 is 0 Å². The van der Waals surface area contributed by atoms with Crippen LogP contribution < -0.4 is 4.90 Å². The molecule has 1 saturated heterocycles. The summed E-state index contributed by atoms with van der Waals surface area (Å²) >= 11 is 6.18. The Hall–Kier alpha value is -3.18. The van der Waals surface area contributed by atoms with Crippen molar-refractivity contribution in [1.29, 1.82) is 0 Å². The molecule has 1 aliphatic heterocycles. The Morgan fingerprint density at radius 2 is 1.83 bits per heavy atom. The molecular weight excluding hydrogens is 401 g/mol. The second-order valence-corrected chi connectivity index (χ2v) is 7.99. The van der Waals surface area contributed by atoms with E-state index in [0.29, 0.717) is 30.2 Å². The second-order valence-electron chi connectivity index (χ2n) is 7.56. The minimum absolute atomic E-state index is 0.0213. The van der Waals surface area contributed by atoms with Gasteiger partial charge in [0.15, 0.2) is 0 Å². The van der Waals surface area contributed by atoms with Crippen molar-refractivity contribution in [2.75, 3.05) is 11.4 Å². The lowest BCUT2D eigenvalue weighted by atomic mass is 10.1. The van der Waals surface area contributed by atoms with Gasteiger partial charge in [-0.3, -0.25) is 4.79 Å². The zero-order valence-electron chi connectivity index (χ0n) is 16.1. The molecular formula is C24H19ClFN3O. The van der Waals surface area contributed by atoms with Crippen molar-refractivity contribution in [3.05, 3.63) is 95.0 Å². The van der Waals surface area contributed by atoms with Crippen LogP contribution in [0, 0.1) is 5.82 Å². The third kappa shape index (κ3) is 3.46. The maximum absolute atomic E-state index is 13.3. The van der Waals surface area contributed by atoms with Crippen LogP contribution in [0.3, 0.4) is 0 Å². The van der Waals surface area contributed by atoms with Crippen molar-refractivity contribution in [3.8, 4) is 0 Å². The number of para-hydroxylation sites is 2. The van der Waals surface area contributed by atoms with Gasteiger partial charge in [0.25, 0.3) is 0 Å². The zero-order valence-corrected chi connectivity index (χ0v) is 16.9. The molecule has 0 saturated carbocycles. The van der Waals surface area contributed by atoms with E-state index < -0.39 is 0 Å². The van der Waals surface area contributed by atoms with Crippen molar-refractivity contribution in [1.82, 2.24) is 9.55 Å². The first-order chi connectivity index (χ1) is 14.6. The molecule has 1 aliphatic rings. The first-order valence-electron chi connectivity index (χ1n) is 9.84. The molecule has 1 fully saturated rings. The lowest BCUT2D eigenvalue weighted by Gasteiger charge is -2.17. The number of aromatic nitrogens is 2. The van der Waals surface area contributed by atoms with E-state index in [1.807, 2.05) is 48.5 Å². The lowest BCUT2D eigenvalue weighted by molar-refractivity contribution is -0.117. The summed E-state index contributed by atoms with van der Waals surface area (Å²) in [5.74, 6) is 0.543. The highest BCUT2D eigenvalue weighted by atomic mass is 35.5. The molecule has 4 aromatic rings. The molecule has 30 heavy (non-hydrogen) atoms. The number of hydrogen-bond acceptors (Lipinski definition) is 2. The van der Waals surface area contributed by atoms with E-state index in [4.69, 9.17) is 16.6 Å². The molecule has 6 heteroatoms. The third-order valence-corrected chi connectivity index (χ3v) is 5.78. The number of anilines is 1. The quantitative estimate of drug-likeness (QED) is 0.444. The second kappa shape index (κ2) is 7.58. The van der Waals surface area contributed by atoms with Crippen LogP contribution in [-0.2, 0) is 11.3 Å². The van der Waals surface area contributed by atoms with E-state index in [1.165, 1.54) is 12.1 Å². The monoisotopic (exact) mass is 419 g/mol. The molecule has 4 nitrogen and oxygen atoms in total. The first kappa shape index (κ1) is 18.8. The molecule has 0 N–H and O–H groups in total. The summed E-state index contributed by atoms with van der Waals surface area (Å²) in [5, 5.41) is 0.692. The van der Waals surface area contributed by atoms with Gasteiger partial charge in [0.05, 0.1) is 11.0 Å². The highest BCUT2D eigenvalue weighted by molar-refractivity contribution is 6.30. The van der Waals surface area contributed by atoms with Crippen LogP contribution in [-0.4, -0.2) is 22.0 Å². The minimum atomic E-state index is -0.315. The fourth-order valence-electron chi connectivity index (χ4n) is 4.14. The highest BCUT2D eigenvalue weighted by Crippen LogP contribution is 2.33. The molecule has 1 amide bonds. The average Bonchev–Trinajstić information content (AvgIpc) is 3.30. The maximum Gasteiger partial charge on any atom is 0.227 e. The molecule has 0 bridgehead atoms. The standard InChI is InChI=1S/C24H19ClFN3O/c25-18-5-3-4-16(12-18)14-29-22-7-2-1-6-21(22)27-24(29)17-13-23(30)28(15-17)20-10-8-19(26)9-11-20/h1-12,17H,13-15H2/t17-/m1/s1. The number of fused-ring (bicyclic) bond motifs is 1. The van der Waals surface area contributed by atoms with Gasteiger partial charge in [-0.25, -0.2) is 9.37 Å². The Balaban J connectivity index is 1.52. The van der Waals surface area contributed by atoms with E-state index in [0.717, 1.165) is 22.4 Å². The highest BCUT2D eigenvalue weighted by Gasteiger charge is 2.34. The topological polar surface area (TPSA) is 38.1 Å². The number of amides is 1. The van der Waals surface area contributed by atoms with E-state index in [1.54, 1.807) is 17.0 Å². The number of hydrogen-bond donors (Lipinski definition) is 0. The van der Waals surface area contributed by atoms with Gasteiger partial charge < -0.3 is 9.47 Å². The molecule has 0 radical (unpaired) electrons. The third-order valence-electron chi connectivity index (χ3n) is 5.54. The number of nitrogens with zero attached hydrogens (tertiary/aromatic N) is 3. The van der Waals surface area contributed by atoms with Crippen molar-refractivity contribution < 1.29 is 9.18 Å². The number of rotatable bonds is 4. The van der Waals surface area contributed by atoms with Crippen molar-refractivity contribution in [3.63, 3.8) is 0 Å². The van der Waals surface area contributed by atoms with Crippen LogP contribution in [0.4, 0.5) is 10.1 Å². The molecule has 150 valence electrons. The SMILES string of the molecule is O=C1C[C@@H](c2nc3ccccc3n2Cc2cccc(Cl)c2)CN1c1ccc(F)cc1. The van der Waals surface area contributed by atoms with Crippen LogP contribution in [0.2, 0.25) is 5.02 Å². The van der Waals surface area contributed by atoms with Gasteiger partial charge in [-0.15, -0.1) is 0 Å². The largest absolute Gasteiger partial charge is 0.323 e. The van der Waals surface area contributed by atoms with E-state index in [2.05, 4.69) is 4.57 Å². The fraction of sp³-hybridized carbons (Fsp3) is 0.167. The summed E-state index contributed by atoms with van der Waals surface area (Å²) in [6, 6.07) is 21.8. The van der Waals surface area contributed by atoms with E-state index in [-0.39, 0.29) is 17.6 Å². The van der Waals surface area contributed by atoms with Gasteiger partial charge in [0, 0.05) is 36.1 Å². The molecule has 0 unspecified atom stereocenters. The summed E-state index contributed by atoms with van der Waals surface area (Å²) < 4.78 is 15.5. The lowest BCUT2D eigenvalue weighted by Crippen LogP contribution is -2.24. The zero-order chi connectivity index (χ0) is 20.7. The Morgan fingerprint density at radius 1 is 1.03 bits per heavy atom. The van der Waals surface area contributed by atoms with Gasteiger partial charge in [0.1, 0.15) is 11.6 Å². The molecule has 0 aliphatic carbocycles. The smallest absolute Gasteiger partial charge is 0.227 e. The minimum Gasteiger partial charge on any atom is -0.323 e. The number of benzene rings is 3. The predicted octanol–water partition coefficient (Wildman–Crippen LogP) is 5.40. The number of carbonyl (C=O) groups excluding carboxylic acids is 1. The fourth-order valence-corrected chi connectivity index (χ4v) is 4.35. The first-order valence-corrected chi connectivity index (χ1v) is 10.2. The van der Waals surface area contributed by atoms with Crippen molar-refractivity contribution in [2.24, 2.45) is 0 Å². The van der Waals surface area contributed by atoms with Crippen LogP contribution in [0.15, 0.2) is 72.8 Å². The predicted molar refractivity (Wildman–Crippen MR) is 116 cm³/mol. The number of carbonyl (C=O) groups is 1. The molecule has 1 atom stereocenters. The molecule has 2 heterocycles. The summed E-state index contributed by atoms with van der Waals surface area (Å²) in [4.78, 5) is 19.3. The summed E-state index contributed by atoms with van der Waals surface area (Å²) in [5.41, 5.74) is 3.72. The van der Waals surface area contributed by atoms with Crippen molar-refractivity contribution in [2.45, 2.75) is 18.9 Å². The molecule has 1 aromatic heterocycles. The van der Waals surface area contributed by atoms with E-state index in [9.17, 15) is 9.18 Å². The van der Waals surface area contributed by atoms with Gasteiger partial charge in [-0.05, 0) is 54.1 Å². The Bertz CT molecular complexity index is 1230. The van der Waals surface area contributed by atoms with Crippen LogP contribution >= 0.6 is 11.6 Å². The van der Waals surface area contributed by atoms with Crippen LogP contribution in [0.25, 0.3) is 11.0 Å². The summed E-state index contributed by atoms with van der Waals surface area (Å²) in [7, 11) is 0. The molecule has 0 spiro atoms. The normalized spacial score (nSPS) is 16.5. The number of halogens is 2. The van der Waals surface area contributed by atoms with Crippen molar-refractivity contribution >= 4 is 34.2 Å². The summed E-state index contributed by atoms with van der Waals surface area (Å²) in [6.07, 6.45) is 0.371. The van der Waals surface area contributed by atoms with Gasteiger partial charge in [0.2, 0.25) is 5.91 Å². The summed E-state index contributed by atoms with van der Waals surface area (Å²) in [6.45, 7) is 1.14. The van der Waals surface area contributed by atoms with Gasteiger partial charge in [-0.2, -0.15) is 0 Å². The van der Waals surface area contributed by atoms with Crippen LogP contribution in [0.5, 0.6) is 0 Å². The van der Waals surface area contributed by atoms with Crippen LogP contribution in [0.1, 0.15) is 23.7 Å². The molecule has 3 aromatic carbocycles. The van der Waals surface area contributed by atoms with Gasteiger partial charge in [-0.1, -0.05) is 35.9 Å².